The Bertz CT molecular complexity index is 718. The summed E-state index contributed by atoms with van der Waals surface area (Å²) in [6, 6.07) is 10.7. The zero-order valence-electron chi connectivity index (χ0n) is 12.7. The lowest BCUT2D eigenvalue weighted by atomic mass is 10.2. The predicted octanol–water partition coefficient (Wildman–Crippen LogP) is 2.80. The Kier molecular flexibility index (Phi) is 5.74. The molecule has 0 unspecified atom stereocenters. The van der Waals surface area contributed by atoms with Crippen LogP contribution in [0.2, 0.25) is 0 Å². The lowest BCUT2D eigenvalue weighted by Gasteiger charge is -2.19. The number of aliphatic imine (C=N–C) groups is 1. The van der Waals surface area contributed by atoms with Gasteiger partial charge in [0.05, 0.1) is 0 Å². The molecule has 2 rings (SSSR count). The average Bonchev–Trinajstić information content (AvgIpc) is 2.57. The van der Waals surface area contributed by atoms with Crippen LogP contribution in [0.15, 0.2) is 47.6 Å². The van der Waals surface area contributed by atoms with Gasteiger partial charge in [-0.2, -0.15) is 0 Å². The second kappa shape index (κ2) is 7.77. The molecule has 1 aromatic heterocycles. The summed E-state index contributed by atoms with van der Waals surface area (Å²) in [7, 11) is 3.34. The van der Waals surface area contributed by atoms with Gasteiger partial charge in [-0.05, 0) is 30.3 Å². The smallest absolute Gasteiger partial charge is 0.222 e. The number of aromatic nitrogens is 1. The highest BCUT2D eigenvalue weighted by Crippen LogP contribution is 2.24. The summed E-state index contributed by atoms with van der Waals surface area (Å²) in [4.78, 5) is 9.79. The summed E-state index contributed by atoms with van der Waals surface area (Å²) in [5, 5.41) is 7.49. The van der Waals surface area contributed by atoms with Gasteiger partial charge in [0.2, 0.25) is 5.88 Å². The van der Waals surface area contributed by atoms with Crippen LogP contribution in [0.1, 0.15) is 5.56 Å². The molecule has 0 saturated heterocycles. The first-order valence-electron chi connectivity index (χ1n) is 6.62. The minimum absolute atomic E-state index is 0.0780. The van der Waals surface area contributed by atoms with Crippen molar-refractivity contribution in [2.24, 2.45) is 10.7 Å². The molecule has 0 aliphatic carbocycles. The fraction of sp³-hybridized carbons (Fsp3) is 0.133. The van der Waals surface area contributed by atoms with Gasteiger partial charge in [-0.3, -0.25) is 10.4 Å². The molecule has 0 atom stereocenters. The molecule has 0 fully saturated rings. The second-order valence-electron chi connectivity index (χ2n) is 4.52. The van der Waals surface area contributed by atoms with E-state index in [1.165, 1.54) is 4.90 Å². The summed E-state index contributed by atoms with van der Waals surface area (Å²) < 4.78 is 10.8. The number of hydrogen-bond acceptors (Lipinski definition) is 5. The van der Waals surface area contributed by atoms with Gasteiger partial charge < -0.3 is 18.4 Å². The summed E-state index contributed by atoms with van der Waals surface area (Å²) in [6.07, 6.45) is 1.61. The molecule has 0 aliphatic rings. The Balaban J connectivity index is 2.17. The minimum Gasteiger partial charge on any atom is -0.439 e. The van der Waals surface area contributed by atoms with Gasteiger partial charge in [-0.25, -0.2) is 4.98 Å². The zero-order valence-corrected chi connectivity index (χ0v) is 14.8. The van der Waals surface area contributed by atoms with Crippen LogP contribution in [0.3, 0.4) is 0 Å². The Labute approximate surface area is 148 Å². The fourth-order valence-electron chi connectivity index (χ4n) is 1.87. The quantitative estimate of drug-likeness (QED) is 0.446. The number of pyridine rings is 1. The molecule has 2 aromatic rings. The molecule has 0 bridgehead atoms. The Morgan fingerprint density at radius 1 is 1.26 bits per heavy atom. The summed E-state index contributed by atoms with van der Waals surface area (Å²) in [5.74, 6) is 2.26. The maximum Gasteiger partial charge on any atom is 0.222 e. The topological polar surface area (TPSA) is 96.8 Å². The van der Waals surface area contributed by atoms with E-state index in [0.717, 1.165) is 5.56 Å². The van der Waals surface area contributed by atoms with E-state index in [-0.39, 0.29) is 5.96 Å². The number of hydrogen-bond donors (Lipinski definition) is 2. The van der Waals surface area contributed by atoms with E-state index in [1.807, 2.05) is 12.1 Å². The number of halogens is 1. The predicted molar refractivity (Wildman–Crippen MR) is 97.5 cm³/mol. The third kappa shape index (κ3) is 4.31. The second-order valence-corrected chi connectivity index (χ2v) is 4.97. The lowest BCUT2D eigenvalue weighted by Crippen LogP contribution is -2.38. The van der Waals surface area contributed by atoms with E-state index in [2.05, 4.69) is 9.98 Å². The number of guanidine groups is 1. The average molecular weight is 425 g/mol. The van der Waals surface area contributed by atoms with Crippen LogP contribution in [-0.2, 0) is 0 Å². The molecule has 0 spiro atoms. The normalized spacial score (nSPS) is 11.0. The van der Waals surface area contributed by atoms with E-state index < -0.39 is 0 Å². The van der Waals surface area contributed by atoms with Crippen molar-refractivity contribution in [3.63, 3.8) is 0 Å². The monoisotopic (exact) mass is 425 g/mol. The van der Waals surface area contributed by atoms with Crippen LogP contribution in [-0.4, -0.2) is 35.8 Å². The van der Waals surface area contributed by atoms with Gasteiger partial charge in [0.25, 0.3) is 0 Å². The summed E-state index contributed by atoms with van der Waals surface area (Å²) in [5.41, 5.74) is 6.32. The third-order valence-electron chi connectivity index (χ3n) is 3.02. The van der Waals surface area contributed by atoms with Crippen molar-refractivity contribution in [3.8, 4) is 17.4 Å². The van der Waals surface area contributed by atoms with Crippen LogP contribution in [0.5, 0.6) is 17.4 Å². The summed E-state index contributed by atoms with van der Waals surface area (Å²) >= 11 is 1.80. The highest BCUT2D eigenvalue weighted by atomic mass is 127. The van der Waals surface area contributed by atoms with Gasteiger partial charge in [-0.1, -0.05) is 0 Å². The Morgan fingerprint density at radius 3 is 2.52 bits per heavy atom. The van der Waals surface area contributed by atoms with Crippen molar-refractivity contribution < 1.29 is 7.80 Å². The number of nitrogens with zero attached hydrogens (tertiary/aromatic N) is 3. The number of ether oxygens (including phenoxy) is 1. The number of benzene rings is 1. The van der Waals surface area contributed by atoms with E-state index in [9.17, 15) is 0 Å². The van der Waals surface area contributed by atoms with Crippen LogP contribution >= 0.6 is 23.0 Å². The van der Waals surface area contributed by atoms with Gasteiger partial charge in [-0.15, -0.1) is 0 Å². The molecule has 7 nitrogen and oxygen atoms in total. The lowest BCUT2D eigenvalue weighted by molar-refractivity contribution is 0.460. The molecule has 0 amide bonds. The van der Waals surface area contributed by atoms with Crippen LogP contribution in [0.4, 0.5) is 0 Å². The van der Waals surface area contributed by atoms with Crippen molar-refractivity contribution in [1.82, 2.24) is 9.88 Å². The van der Waals surface area contributed by atoms with E-state index in [0.29, 0.717) is 23.2 Å². The first-order chi connectivity index (χ1) is 11.0. The van der Waals surface area contributed by atoms with Crippen molar-refractivity contribution in [1.29, 1.82) is 5.41 Å². The van der Waals surface area contributed by atoms with E-state index in [4.69, 9.17) is 18.9 Å². The maximum atomic E-state index is 7.49. The molecular formula is C15H16IN5O2. The molecular weight excluding hydrogens is 409 g/mol. The molecule has 8 heteroatoms. The molecule has 120 valence electrons. The number of nitrogens with two attached hydrogens (primary N) is 1. The molecule has 0 aliphatic heterocycles. The van der Waals surface area contributed by atoms with Crippen molar-refractivity contribution >= 4 is 34.8 Å². The molecule has 1 heterocycles. The third-order valence-corrected chi connectivity index (χ3v) is 3.53. The fourth-order valence-corrected chi connectivity index (χ4v) is 2.15. The first-order valence-corrected chi connectivity index (χ1v) is 7.50. The van der Waals surface area contributed by atoms with Gasteiger partial charge in [0, 0.05) is 31.9 Å². The Hall–Kier alpha value is -2.36. The highest BCUT2D eigenvalue weighted by Gasteiger charge is 2.11. The van der Waals surface area contributed by atoms with Crippen molar-refractivity contribution in [2.75, 3.05) is 14.1 Å². The standard InChI is InChI=1S/C15H16IN5O2/c1-19-14(21(2)15(17)18)10-3-5-11(6-4-10)22-13-9-12(23-16)7-8-20-13/h3-9H,1-2H3,(H3,17,18)/b19-14-. The molecule has 0 saturated carbocycles. The van der Waals surface area contributed by atoms with Crippen LogP contribution in [0, 0.1) is 5.41 Å². The van der Waals surface area contributed by atoms with Gasteiger partial charge in [0.15, 0.2) is 29.0 Å². The van der Waals surface area contributed by atoms with Crippen molar-refractivity contribution in [2.45, 2.75) is 0 Å². The van der Waals surface area contributed by atoms with Gasteiger partial charge >= 0.3 is 0 Å². The number of rotatable bonds is 4. The first kappa shape index (κ1) is 17.0. The molecule has 0 radical (unpaired) electrons. The molecule has 23 heavy (non-hydrogen) atoms. The maximum absolute atomic E-state index is 7.49. The van der Waals surface area contributed by atoms with Crippen molar-refractivity contribution in [3.05, 3.63) is 48.2 Å². The zero-order chi connectivity index (χ0) is 16.8. The van der Waals surface area contributed by atoms with E-state index >= 15 is 0 Å². The minimum atomic E-state index is -0.0780. The number of nitrogens with one attached hydrogen (secondary N) is 1. The van der Waals surface area contributed by atoms with Crippen LogP contribution < -0.4 is 13.5 Å². The largest absolute Gasteiger partial charge is 0.439 e. The highest BCUT2D eigenvalue weighted by molar-refractivity contribution is 14.1. The molecule has 3 N–H and O–H groups in total. The number of amidine groups is 1. The van der Waals surface area contributed by atoms with Gasteiger partial charge in [0.1, 0.15) is 17.3 Å². The summed E-state index contributed by atoms with van der Waals surface area (Å²) in [6.45, 7) is 0. The SMILES string of the molecule is C/N=C(/c1ccc(Oc2cc(OI)ccn2)cc1)N(C)C(=N)N. The van der Waals surface area contributed by atoms with Crippen LogP contribution in [0.25, 0.3) is 0 Å². The van der Waals surface area contributed by atoms with E-state index in [1.54, 1.807) is 67.6 Å². The Morgan fingerprint density at radius 2 is 1.96 bits per heavy atom. The molecule has 1 aromatic carbocycles.